The highest BCUT2D eigenvalue weighted by atomic mass is 32.2. The predicted octanol–water partition coefficient (Wildman–Crippen LogP) is 2.74. The fourth-order valence-corrected chi connectivity index (χ4v) is 3.71. The third-order valence-electron chi connectivity index (χ3n) is 3.37. The van der Waals surface area contributed by atoms with Crippen molar-refractivity contribution in [3.8, 4) is 0 Å². The molecule has 0 saturated heterocycles. The SMILES string of the molecule is CCCN(CCC)c1ccc(S(=O)(=O)N(CC)CC)cn1. The summed E-state index contributed by atoms with van der Waals surface area (Å²) in [5.74, 6) is 0.845. The van der Waals surface area contributed by atoms with Gasteiger partial charge < -0.3 is 4.90 Å². The Morgan fingerprint density at radius 2 is 1.57 bits per heavy atom. The molecule has 0 spiro atoms. The monoisotopic (exact) mass is 313 g/mol. The predicted molar refractivity (Wildman–Crippen MR) is 87.1 cm³/mol. The molecule has 1 heterocycles. The van der Waals surface area contributed by atoms with Gasteiger partial charge in [0.25, 0.3) is 0 Å². The van der Waals surface area contributed by atoms with E-state index in [2.05, 4.69) is 23.7 Å². The Labute approximate surface area is 129 Å². The molecule has 1 aromatic heterocycles. The van der Waals surface area contributed by atoms with Crippen LogP contribution in [0.2, 0.25) is 0 Å². The van der Waals surface area contributed by atoms with Crippen molar-refractivity contribution in [2.24, 2.45) is 0 Å². The van der Waals surface area contributed by atoms with E-state index in [4.69, 9.17) is 0 Å². The maximum absolute atomic E-state index is 12.4. The van der Waals surface area contributed by atoms with Crippen molar-refractivity contribution >= 4 is 15.8 Å². The van der Waals surface area contributed by atoms with E-state index < -0.39 is 10.0 Å². The van der Waals surface area contributed by atoms with E-state index in [-0.39, 0.29) is 4.90 Å². The number of aromatic nitrogens is 1. The van der Waals surface area contributed by atoms with Gasteiger partial charge in [-0.25, -0.2) is 13.4 Å². The zero-order valence-corrected chi connectivity index (χ0v) is 14.4. The van der Waals surface area contributed by atoms with E-state index in [9.17, 15) is 8.42 Å². The molecule has 0 aromatic carbocycles. The first-order valence-electron chi connectivity index (χ1n) is 7.72. The smallest absolute Gasteiger partial charge is 0.244 e. The molecule has 6 heteroatoms. The summed E-state index contributed by atoms with van der Waals surface area (Å²) >= 11 is 0. The highest BCUT2D eigenvalue weighted by Gasteiger charge is 2.22. The molecule has 0 fully saturated rings. The van der Waals surface area contributed by atoms with Gasteiger partial charge in [-0.05, 0) is 25.0 Å². The summed E-state index contributed by atoms with van der Waals surface area (Å²) in [6.07, 6.45) is 3.56. The molecule has 1 rings (SSSR count). The lowest BCUT2D eigenvalue weighted by Crippen LogP contribution is -2.31. The zero-order chi connectivity index (χ0) is 15.9. The molecule has 0 unspecified atom stereocenters. The Bertz CT molecular complexity index is 504. The van der Waals surface area contributed by atoms with Crippen LogP contribution >= 0.6 is 0 Å². The van der Waals surface area contributed by atoms with Crippen molar-refractivity contribution in [2.45, 2.75) is 45.4 Å². The number of sulfonamides is 1. The maximum atomic E-state index is 12.4. The van der Waals surface area contributed by atoms with Crippen molar-refractivity contribution in [2.75, 3.05) is 31.1 Å². The van der Waals surface area contributed by atoms with Crippen LogP contribution in [0.3, 0.4) is 0 Å². The van der Waals surface area contributed by atoms with Crippen LogP contribution in [0.5, 0.6) is 0 Å². The van der Waals surface area contributed by atoms with E-state index in [0.717, 1.165) is 31.7 Å². The summed E-state index contributed by atoms with van der Waals surface area (Å²) in [5.41, 5.74) is 0. The average molecular weight is 313 g/mol. The van der Waals surface area contributed by atoms with Gasteiger partial charge in [0.1, 0.15) is 10.7 Å². The van der Waals surface area contributed by atoms with Crippen molar-refractivity contribution in [1.82, 2.24) is 9.29 Å². The Hall–Kier alpha value is -1.14. The number of anilines is 1. The van der Waals surface area contributed by atoms with Crippen LogP contribution in [0, 0.1) is 0 Å². The van der Waals surface area contributed by atoms with Crippen LogP contribution in [0.25, 0.3) is 0 Å². The quantitative estimate of drug-likeness (QED) is 0.703. The molecule has 0 amide bonds. The van der Waals surface area contributed by atoms with Gasteiger partial charge in [0.05, 0.1) is 0 Å². The molecular weight excluding hydrogens is 286 g/mol. The number of nitrogens with zero attached hydrogens (tertiary/aromatic N) is 3. The second kappa shape index (κ2) is 8.34. The first-order chi connectivity index (χ1) is 10.0. The van der Waals surface area contributed by atoms with Crippen molar-refractivity contribution in [3.05, 3.63) is 18.3 Å². The fourth-order valence-electron chi connectivity index (χ4n) is 2.31. The highest BCUT2D eigenvalue weighted by molar-refractivity contribution is 7.89. The number of rotatable bonds is 9. The molecule has 21 heavy (non-hydrogen) atoms. The summed E-state index contributed by atoms with van der Waals surface area (Å²) in [4.78, 5) is 6.81. The first kappa shape index (κ1) is 17.9. The standard InChI is InChI=1S/C15H27N3O2S/c1-5-11-17(12-6-2)15-10-9-14(13-16-15)21(19,20)18(7-3)8-4/h9-10,13H,5-8,11-12H2,1-4H3. The molecule has 0 aliphatic heterocycles. The highest BCUT2D eigenvalue weighted by Crippen LogP contribution is 2.18. The van der Waals surface area contributed by atoms with E-state index in [1.165, 1.54) is 10.5 Å². The van der Waals surface area contributed by atoms with Gasteiger partial charge in [-0.3, -0.25) is 0 Å². The van der Waals surface area contributed by atoms with Gasteiger partial charge in [0.15, 0.2) is 0 Å². The summed E-state index contributed by atoms with van der Waals surface area (Å²) in [6, 6.07) is 3.47. The Kier molecular flexibility index (Phi) is 7.11. The van der Waals surface area contributed by atoms with Gasteiger partial charge in [-0.1, -0.05) is 27.7 Å². The van der Waals surface area contributed by atoms with Crippen LogP contribution in [-0.4, -0.2) is 43.9 Å². The largest absolute Gasteiger partial charge is 0.357 e. The minimum absolute atomic E-state index is 0.267. The van der Waals surface area contributed by atoms with Gasteiger partial charge in [0.2, 0.25) is 10.0 Å². The summed E-state index contributed by atoms with van der Waals surface area (Å²) < 4.78 is 26.2. The van der Waals surface area contributed by atoms with E-state index in [1.54, 1.807) is 6.07 Å². The second-order valence-corrected chi connectivity index (χ2v) is 6.87. The second-order valence-electron chi connectivity index (χ2n) is 4.93. The van der Waals surface area contributed by atoms with Gasteiger partial charge in [-0.2, -0.15) is 4.31 Å². The van der Waals surface area contributed by atoms with Crippen molar-refractivity contribution < 1.29 is 8.42 Å². The molecule has 5 nitrogen and oxygen atoms in total. The summed E-state index contributed by atoms with van der Waals surface area (Å²) in [7, 11) is -3.42. The molecule has 120 valence electrons. The molecular formula is C15H27N3O2S. The van der Waals surface area contributed by atoms with Gasteiger partial charge >= 0.3 is 0 Å². The number of hydrogen-bond acceptors (Lipinski definition) is 4. The van der Waals surface area contributed by atoms with Crippen LogP contribution in [0.4, 0.5) is 5.82 Å². The van der Waals surface area contributed by atoms with E-state index in [1.807, 2.05) is 19.9 Å². The van der Waals surface area contributed by atoms with Gasteiger partial charge in [-0.15, -0.1) is 0 Å². The average Bonchev–Trinajstić information content (AvgIpc) is 2.48. The lowest BCUT2D eigenvalue weighted by atomic mass is 10.3. The minimum Gasteiger partial charge on any atom is -0.357 e. The molecule has 0 N–H and O–H groups in total. The number of pyridine rings is 1. The molecule has 0 bridgehead atoms. The fraction of sp³-hybridized carbons (Fsp3) is 0.667. The summed E-state index contributed by atoms with van der Waals surface area (Å²) in [5, 5.41) is 0. The lowest BCUT2D eigenvalue weighted by molar-refractivity contribution is 0.445. The van der Waals surface area contributed by atoms with Crippen molar-refractivity contribution in [3.63, 3.8) is 0 Å². The van der Waals surface area contributed by atoms with Crippen molar-refractivity contribution in [1.29, 1.82) is 0 Å². The molecule has 0 radical (unpaired) electrons. The Morgan fingerprint density at radius 3 is 1.95 bits per heavy atom. The van der Waals surface area contributed by atoms with Crippen LogP contribution in [0.15, 0.2) is 23.2 Å². The number of hydrogen-bond donors (Lipinski definition) is 0. The normalized spacial score (nSPS) is 11.9. The third-order valence-corrected chi connectivity index (χ3v) is 5.41. The molecule has 0 atom stereocenters. The van der Waals surface area contributed by atoms with Crippen LogP contribution in [-0.2, 0) is 10.0 Å². The summed E-state index contributed by atoms with van der Waals surface area (Å²) in [6.45, 7) is 10.7. The van der Waals surface area contributed by atoms with Crippen LogP contribution < -0.4 is 4.90 Å². The Morgan fingerprint density at radius 1 is 1.00 bits per heavy atom. The topological polar surface area (TPSA) is 53.5 Å². The molecule has 0 aliphatic carbocycles. The zero-order valence-electron chi connectivity index (χ0n) is 13.5. The maximum Gasteiger partial charge on any atom is 0.244 e. The lowest BCUT2D eigenvalue weighted by Gasteiger charge is -2.23. The molecule has 1 aromatic rings. The van der Waals surface area contributed by atoms with E-state index >= 15 is 0 Å². The Balaban J connectivity index is 3.00. The third kappa shape index (κ3) is 4.41. The molecule has 0 aliphatic rings. The first-order valence-corrected chi connectivity index (χ1v) is 9.16. The molecule has 0 saturated carbocycles. The van der Waals surface area contributed by atoms with Gasteiger partial charge in [0, 0.05) is 32.4 Å². The minimum atomic E-state index is -3.42. The van der Waals surface area contributed by atoms with E-state index in [0.29, 0.717) is 13.1 Å². The van der Waals surface area contributed by atoms with Crippen LogP contribution in [0.1, 0.15) is 40.5 Å².